The number of fused-ring (bicyclic) bond motifs is 1. The lowest BCUT2D eigenvalue weighted by Gasteiger charge is -2.15. The van der Waals surface area contributed by atoms with Crippen molar-refractivity contribution in [3.8, 4) is 0 Å². The summed E-state index contributed by atoms with van der Waals surface area (Å²) in [5.74, 6) is 0.0576. The number of aryl methyl sites for hydroxylation is 1. The highest BCUT2D eigenvalue weighted by molar-refractivity contribution is 7.89. The molecule has 0 radical (unpaired) electrons. The number of anilines is 1. The zero-order chi connectivity index (χ0) is 23.6. The van der Waals surface area contributed by atoms with Crippen LogP contribution in [0.25, 0.3) is 11.1 Å². The average Bonchev–Trinajstić information content (AvgIpc) is 3.35. The number of hydrogen-bond acceptors (Lipinski definition) is 6. The summed E-state index contributed by atoms with van der Waals surface area (Å²) in [6.45, 7) is 3.12. The van der Waals surface area contributed by atoms with E-state index in [2.05, 4.69) is 15.0 Å². The molecular formula is C22H23ClN4O5S. The van der Waals surface area contributed by atoms with Crippen LogP contribution >= 0.6 is 11.6 Å². The first-order valence-corrected chi connectivity index (χ1v) is 12.3. The van der Waals surface area contributed by atoms with E-state index in [0.717, 1.165) is 6.42 Å². The number of amides is 2. The summed E-state index contributed by atoms with van der Waals surface area (Å²) in [7, 11) is -3.86. The van der Waals surface area contributed by atoms with E-state index in [0.29, 0.717) is 48.6 Å². The Balaban J connectivity index is 1.43. The van der Waals surface area contributed by atoms with Crippen LogP contribution in [0.3, 0.4) is 0 Å². The van der Waals surface area contributed by atoms with Crippen LogP contribution in [0.1, 0.15) is 35.5 Å². The first-order chi connectivity index (χ1) is 15.7. The van der Waals surface area contributed by atoms with Gasteiger partial charge in [-0.1, -0.05) is 11.6 Å². The fraction of sp³-hybridized carbons (Fsp3) is 0.318. The van der Waals surface area contributed by atoms with Crippen molar-refractivity contribution in [3.05, 3.63) is 52.9 Å². The molecule has 2 amide bonds. The zero-order valence-corrected chi connectivity index (χ0v) is 19.5. The van der Waals surface area contributed by atoms with E-state index in [1.165, 1.54) is 18.2 Å². The van der Waals surface area contributed by atoms with Gasteiger partial charge in [-0.05, 0) is 49.2 Å². The molecule has 0 bridgehead atoms. The van der Waals surface area contributed by atoms with Crippen molar-refractivity contribution in [1.29, 1.82) is 0 Å². The number of oxazole rings is 1. The minimum Gasteiger partial charge on any atom is -0.441 e. The number of carbonyl (C=O) groups excluding carboxylic acids is 2. The number of sulfonamides is 1. The second-order valence-corrected chi connectivity index (χ2v) is 9.92. The lowest BCUT2D eigenvalue weighted by molar-refractivity contribution is -0.127. The Hall–Kier alpha value is -2.95. The maximum Gasteiger partial charge on any atom is 0.257 e. The summed E-state index contributed by atoms with van der Waals surface area (Å²) in [6, 6.07) is 8.96. The monoisotopic (exact) mass is 490 g/mol. The smallest absolute Gasteiger partial charge is 0.257 e. The number of hydrogen-bond donors (Lipinski definition) is 2. The molecule has 0 unspecified atom stereocenters. The quantitative estimate of drug-likeness (QED) is 0.467. The Kier molecular flexibility index (Phi) is 6.68. The molecule has 1 aliphatic rings. The Morgan fingerprint density at radius 3 is 2.82 bits per heavy atom. The van der Waals surface area contributed by atoms with Crippen molar-refractivity contribution in [2.24, 2.45) is 0 Å². The van der Waals surface area contributed by atoms with Gasteiger partial charge in [0.05, 0.1) is 15.5 Å². The highest BCUT2D eigenvalue weighted by Crippen LogP contribution is 2.24. The second kappa shape index (κ2) is 9.50. The normalized spacial score (nSPS) is 14.2. The molecule has 11 heteroatoms. The highest BCUT2D eigenvalue weighted by atomic mass is 35.5. The molecule has 1 fully saturated rings. The van der Waals surface area contributed by atoms with Gasteiger partial charge in [0.25, 0.3) is 5.91 Å². The van der Waals surface area contributed by atoms with E-state index in [1.807, 2.05) is 0 Å². The van der Waals surface area contributed by atoms with Crippen LogP contribution < -0.4 is 10.0 Å². The van der Waals surface area contributed by atoms with Gasteiger partial charge in [-0.15, -0.1) is 0 Å². The predicted molar refractivity (Wildman–Crippen MR) is 124 cm³/mol. The summed E-state index contributed by atoms with van der Waals surface area (Å²) in [4.78, 5) is 30.3. The van der Waals surface area contributed by atoms with Gasteiger partial charge >= 0.3 is 0 Å². The zero-order valence-electron chi connectivity index (χ0n) is 17.9. The van der Waals surface area contributed by atoms with E-state index < -0.39 is 15.9 Å². The second-order valence-electron chi connectivity index (χ2n) is 7.75. The molecule has 2 aromatic carbocycles. The molecule has 9 nitrogen and oxygen atoms in total. The van der Waals surface area contributed by atoms with Gasteiger partial charge < -0.3 is 14.6 Å². The van der Waals surface area contributed by atoms with E-state index in [9.17, 15) is 18.0 Å². The Bertz CT molecular complexity index is 1320. The van der Waals surface area contributed by atoms with Gasteiger partial charge in [-0.2, -0.15) is 0 Å². The molecule has 4 rings (SSSR count). The fourth-order valence-electron chi connectivity index (χ4n) is 3.66. The molecule has 2 heterocycles. The topological polar surface area (TPSA) is 122 Å². The van der Waals surface area contributed by atoms with E-state index >= 15 is 0 Å². The number of benzene rings is 2. The minimum atomic E-state index is -3.86. The largest absolute Gasteiger partial charge is 0.441 e. The van der Waals surface area contributed by atoms with Crippen LogP contribution in [0.2, 0.25) is 5.02 Å². The molecule has 1 aliphatic heterocycles. The summed E-state index contributed by atoms with van der Waals surface area (Å²) < 4.78 is 33.3. The third-order valence-corrected chi connectivity index (χ3v) is 7.10. The summed E-state index contributed by atoms with van der Waals surface area (Å²) in [5, 5.41) is 2.83. The van der Waals surface area contributed by atoms with Crippen LogP contribution in [0.5, 0.6) is 0 Å². The van der Waals surface area contributed by atoms with Crippen molar-refractivity contribution in [1.82, 2.24) is 14.6 Å². The lowest BCUT2D eigenvalue weighted by atomic mass is 10.2. The molecule has 0 aliphatic carbocycles. The third kappa shape index (κ3) is 5.35. The van der Waals surface area contributed by atoms with Crippen molar-refractivity contribution >= 4 is 50.2 Å². The third-order valence-electron chi connectivity index (χ3n) is 5.31. The van der Waals surface area contributed by atoms with Crippen LogP contribution in [-0.2, 0) is 14.8 Å². The van der Waals surface area contributed by atoms with Gasteiger partial charge in [-0.3, -0.25) is 9.59 Å². The van der Waals surface area contributed by atoms with Crippen LogP contribution in [0, 0.1) is 6.92 Å². The molecule has 2 N–H and O–H groups in total. The Morgan fingerprint density at radius 1 is 1.24 bits per heavy atom. The molecule has 33 heavy (non-hydrogen) atoms. The van der Waals surface area contributed by atoms with Crippen LogP contribution in [0.4, 0.5) is 5.69 Å². The summed E-state index contributed by atoms with van der Waals surface area (Å²) in [6.07, 6.45) is 1.88. The first kappa shape index (κ1) is 23.2. The predicted octanol–water partition coefficient (Wildman–Crippen LogP) is 3.33. The number of nitrogens with one attached hydrogen (secondary N) is 2. The van der Waals surface area contributed by atoms with E-state index in [1.54, 1.807) is 30.0 Å². The van der Waals surface area contributed by atoms with Crippen LogP contribution in [0.15, 0.2) is 45.7 Å². The first-order valence-electron chi connectivity index (χ1n) is 10.5. The van der Waals surface area contributed by atoms with E-state index in [4.69, 9.17) is 16.0 Å². The summed E-state index contributed by atoms with van der Waals surface area (Å²) in [5.41, 5.74) is 1.68. The van der Waals surface area contributed by atoms with Gasteiger partial charge in [0.2, 0.25) is 15.9 Å². The standard InChI is InChI=1S/C22H23ClN4O5S/c1-14-25-19-12-15(5-8-20(19)32-14)26-22(29)17-13-16(6-7-18(17)23)33(30,31)24-9-3-11-27-10-2-4-21(27)28/h5-8,12-13,24H,2-4,9-11H2,1H3,(H,26,29). The van der Waals surface area contributed by atoms with Gasteiger partial charge in [0.1, 0.15) is 5.52 Å². The number of nitrogens with zero attached hydrogens (tertiary/aromatic N) is 2. The van der Waals surface area contributed by atoms with Gasteiger partial charge in [0.15, 0.2) is 11.5 Å². The molecule has 0 spiro atoms. The summed E-state index contributed by atoms with van der Waals surface area (Å²) >= 11 is 6.18. The number of aromatic nitrogens is 1. The molecule has 1 saturated heterocycles. The molecule has 174 valence electrons. The SMILES string of the molecule is Cc1nc2cc(NC(=O)c3cc(S(=O)(=O)NCCCN4CCCC4=O)ccc3Cl)ccc2o1. The molecule has 3 aromatic rings. The maximum absolute atomic E-state index is 12.8. The number of carbonyl (C=O) groups is 2. The maximum atomic E-state index is 12.8. The Labute approximate surface area is 196 Å². The Morgan fingerprint density at radius 2 is 2.06 bits per heavy atom. The molecule has 1 aromatic heterocycles. The molecule has 0 saturated carbocycles. The van der Waals surface area contributed by atoms with Crippen molar-refractivity contribution in [3.63, 3.8) is 0 Å². The number of halogens is 1. The number of rotatable bonds is 8. The van der Waals surface area contributed by atoms with Crippen molar-refractivity contribution in [2.45, 2.75) is 31.1 Å². The average molecular weight is 491 g/mol. The van der Waals surface area contributed by atoms with Gasteiger partial charge in [0, 0.05) is 38.7 Å². The van der Waals surface area contributed by atoms with Crippen molar-refractivity contribution in [2.75, 3.05) is 25.0 Å². The highest BCUT2D eigenvalue weighted by Gasteiger charge is 2.21. The van der Waals surface area contributed by atoms with Crippen LogP contribution in [-0.4, -0.2) is 49.8 Å². The number of likely N-dealkylation sites (tertiary alicyclic amines) is 1. The van der Waals surface area contributed by atoms with E-state index in [-0.39, 0.29) is 27.9 Å². The van der Waals surface area contributed by atoms with Crippen molar-refractivity contribution < 1.29 is 22.4 Å². The fourth-order valence-corrected chi connectivity index (χ4v) is 4.97. The minimum absolute atomic E-state index is 0.0265. The van der Waals surface area contributed by atoms with Gasteiger partial charge in [-0.25, -0.2) is 18.1 Å². The molecular weight excluding hydrogens is 468 g/mol. The lowest BCUT2D eigenvalue weighted by Crippen LogP contribution is -2.30. The molecule has 0 atom stereocenters.